The van der Waals surface area contributed by atoms with Crippen molar-refractivity contribution in [1.82, 2.24) is 20.8 Å². The van der Waals surface area contributed by atoms with Crippen LogP contribution in [-0.2, 0) is 19.1 Å². The molecule has 2 N–H and O–H groups in total. The molecule has 2 rings (SSSR count). The molecule has 0 bridgehead atoms. The van der Waals surface area contributed by atoms with Crippen LogP contribution in [-0.4, -0.2) is 68.1 Å². The summed E-state index contributed by atoms with van der Waals surface area (Å²) in [5.74, 6) is 1.24. The van der Waals surface area contributed by atoms with Gasteiger partial charge < -0.3 is 29.3 Å². The van der Waals surface area contributed by atoms with Crippen LogP contribution in [0.25, 0.3) is 11.5 Å². The molecule has 35 heavy (non-hydrogen) atoms. The maximum Gasteiger partial charge on any atom is 0.258 e. The molecule has 0 spiro atoms. The Labute approximate surface area is 209 Å². The minimum Gasteiger partial charge on any atom is -0.484 e. The van der Waals surface area contributed by atoms with E-state index in [1.54, 1.807) is 31.2 Å². The Kier molecular flexibility index (Phi) is 19.7. The highest BCUT2D eigenvalue weighted by Crippen LogP contribution is 2.21. The summed E-state index contributed by atoms with van der Waals surface area (Å²) < 4.78 is 21.5. The van der Waals surface area contributed by atoms with Crippen molar-refractivity contribution in [1.29, 1.82) is 0 Å². The maximum atomic E-state index is 11.8. The van der Waals surface area contributed by atoms with E-state index in [0.29, 0.717) is 63.5 Å². The number of hydrogen-bond acceptors (Lipinski definition) is 8. The first-order chi connectivity index (χ1) is 17.1. The first kappa shape index (κ1) is 32.0. The Balaban J connectivity index is 0.00000274. The van der Waals surface area contributed by atoms with Crippen molar-refractivity contribution in [3.05, 3.63) is 30.2 Å². The SMILES string of the molecule is CC.CC.CCCNC(=O)CCOCCOCCNC(=O)COc1ccc(-c2nnc(C)o2)cc1. The molecule has 0 saturated heterocycles. The lowest BCUT2D eigenvalue weighted by atomic mass is 10.2. The smallest absolute Gasteiger partial charge is 0.258 e. The van der Waals surface area contributed by atoms with Gasteiger partial charge in [-0.05, 0) is 30.7 Å². The predicted molar refractivity (Wildman–Crippen MR) is 135 cm³/mol. The third-order valence-electron chi connectivity index (χ3n) is 3.98. The summed E-state index contributed by atoms with van der Waals surface area (Å²) >= 11 is 0. The van der Waals surface area contributed by atoms with Gasteiger partial charge >= 0.3 is 0 Å². The van der Waals surface area contributed by atoms with Gasteiger partial charge in [0.1, 0.15) is 5.75 Å². The third kappa shape index (κ3) is 15.5. The summed E-state index contributed by atoms with van der Waals surface area (Å²) in [5.41, 5.74) is 0.776. The highest BCUT2D eigenvalue weighted by Gasteiger charge is 2.07. The molecule has 0 aliphatic heterocycles. The van der Waals surface area contributed by atoms with Crippen LogP contribution in [0.3, 0.4) is 0 Å². The lowest BCUT2D eigenvalue weighted by Gasteiger charge is -2.09. The van der Waals surface area contributed by atoms with Crippen molar-refractivity contribution in [3.63, 3.8) is 0 Å². The van der Waals surface area contributed by atoms with Crippen LogP contribution in [0, 0.1) is 6.92 Å². The highest BCUT2D eigenvalue weighted by molar-refractivity contribution is 5.77. The van der Waals surface area contributed by atoms with E-state index in [2.05, 4.69) is 20.8 Å². The molecular weight excluding hydrogens is 452 g/mol. The molecule has 2 amide bonds. The molecule has 10 nitrogen and oxygen atoms in total. The van der Waals surface area contributed by atoms with Crippen molar-refractivity contribution < 1.29 is 28.2 Å². The van der Waals surface area contributed by atoms with E-state index >= 15 is 0 Å². The molecule has 10 heteroatoms. The minimum absolute atomic E-state index is 0.00874. The number of nitrogens with zero attached hydrogens (tertiary/aromatic N) is 2. The summed E-state index contributed by atoms with van der Waals surface area (Å²) in [6.45, 7) is 14.2. The second kappa shape index (κ2) is 21.5. The number of carbonyl (C=O) groups excluding carboxylic acids is 2. The zero-order valence-corrected chi connectivity index (χ0v) is 22.0. The van der Waals surface area contributed by atoms with Crippen molar-refractivity contribution in [2.45, 2.75) is 54.4 Å². The Hall–Kier alpha value is -2.98. The standard InChI is InChI=1S/C21H30N4O6.2C2H6/c1-3-9-22-19(26)8-11-28-13-14-29-12-10-23-20(27)15-30-18-6-4-17(5-7-18)21-25-24-16(2)31-21;2*1-2/h4-7H,3,8-15H2,1-2H3,(H,22,26)(H,23,27);2*1-2H3. The average molecular weight is 495 g/mol. The molecule has 1 aromatic carbocycles. The second-order valence-corrected chi connectivity index (χ2v) is 6.61. The summed E-state index contributed by atoms with van der Waals surface area (Å²) in [6, 6.07) is 7.04. The van der Waals surface area contributed by atoms with Gasteiger partial charge in [0.15, 0.2) is 6.61 Å². The van der Waals surface area contributed by atoms with E-state index in [4.69, 9.17) is 18.6 Å². The number of aromatic nitrogens is 2. The molecule has 1 heterocycles. The third-order valence-corrected chi connectivity index (χ3v) is 3.98. The van der Waals surface area contributed by atoms with Crippen molar-refractivity contribution >= 4 is 11.8 Å². The zero-order valence-electron chi connectivity index (χ0n) is 22.0. The van der Waals surface area contributed by atoms with Gasteiger partial charge in [-0.25, -0.2) is 0 Å². The van der Waals surface area contributed by atoms with Gasteiger partial charge in [0, 0.05) is 32.0 Å². The molecule has 0 radical (unpaired) electrons. The molecule has 2 aromatic rings. The summed E-state index contributed by atoms with van der Waals surface area (Å²) in [7, 11) is 0. The van der Waals surface area contributed by atoms with Crippen LogP contribution in [0.15, 0.2) is 28.7 Å². The lowest BCUT2D eigenvalue weighted by Crippen LogP contribution is -2.31. The number of ether oxygens (including phenoxy) is 3. The molecule has 198 valence electrons. The molecule has 1 aromatic heterocycles. The average Bonchev–Trinajstić information content (AvgIpc) is 3.34. The number of hydrogen-bond donors (Lipinski definition) is 2. The van der Waals surface area contributed by atoms with E-state index in [1.807, 2.05) is 34.6 Å². The van der Waals surface area contributed by atoms with Crippen LogP contribution in [0.1, 0.15) is 53.4 Å². The molecule has 0 saturated carbocycles. The molecular formula is C25H42N4O6. The van der Waals surface area contributed by atoms with Crippen molar-refractivity contribution in [3.8, 4) is 17.2 Å². The monoisotopic (exact) mass is 494 g/mol. The van der Waals surface area contributed by atoms with E-state index < -0.39 is 0 Å². The van der Waals surface area contributed by atoms with Crippen LogP contribution in [0.5, 0.6) is 5.75 Å². The van der Waals surface area contributed by atoms with E-state index in [0.717, 1.165) is 12.0 Å². The second-order valence-electron chi connectivity index (χ2n) is 6.61. The fourth-order valence-electron chi connectivity index (χ4n) is 2.41. The Morgan fingerprint density at radius 1 is 0.857 bits per heavy atom. The lowest BCUT2D eigenvalue weighted by molar-refractivity contribution is -0.123. The normalized spacial score (nSPS) is 9.77. The van der Waals surface area contributed by atoms with E-state index in [-0.39, 0.29) is 18.4 Å². The van der Waals surface area contributed by atoms with Gasteiger partial charge in [0.25, 0.3) is 5.91 Å². The quantitative estimate of drug-likeness (QED) is 0.360. The molecule has 0 aliphatic carbocycles. The first-order valence-electron chi connectivity index (χ1n) is 12.3. The zero-order chi connectivity index (χ0) is 26.3. The largest absolute Gasteiger partial charge is 0.484 e. The van der Waals surface area contributed by atoms with Gasteiger partial charge in [0.2, 0.25) is 17.7 Å². The number of carbonyl (C=O) groups is 2. The van der Waals surface area contributed by atoms with Gasteiger partial charge in [0.05, 0.1) is 26.4 Å². The van der Waals surface area contributed by atoms with Gasteiger partial charge in [-0.3, -0.25) is 9.59 Å². The predicted octanol–water partition coefficient (Wildman–Crippen LogP) is 3.54. The minimum atomic E-state index is -0.241. The number of rotatable bonds is 15. The Morgan fingerprint density at radius 3 is 2.09 bits per heavy atom. The number of benzene rings is 1. The maximum absolute atomic E-state index is 11.8. The fraction of sp³-hybridized carbons (Fsp3) is 0.600. The summed E-state index contributed by atoms with van der Waals surface area (Å²) in [6.07, 6.45) is 1.26. The Bertz CT molecular complexity index is 796. The van der Waals surface area contributed by atoms with Crippen molar-refractivity contribution in [2.75, 3.05) is 46.1 Å². The molecule has 0 unspecified atom stereocenters. The van der Waals surface area contributed by atoms with Gasteiger partial charge in [-0.15, -0.1) is 10.2 Å². The summed E-state index contributed by atoms with van der Waals surface area (Å²) in [4.78, 5) is 23.2. The molecule has 0 fully saturated rings. The van der Waals surface area contributed by atoms with Gasteiger partial charge in [-0.1, -0.05) is 34.6 Å². The molecule has 0 aliphatic rings. The fourth-order valence-corrected chi connectivity index (χ4v) is 2.41. The number of amides is 2. The van der Waals surface area contributed by atoms with Crippen LogP contribution in [0.4, 0.5) is 0 Å². The van der Waals surface area contributed by atoms with Crippen LogP contribution in [0.2, 0.25) is 0 Å². The van der Waals surface area contributed by atoms with Crippen molar-refractivity contribution in [2.24, 2.45) is 0 Å². The first-order valence-corrected chi connectivity index (χ1v) is 12.3. The number of aryl methyl sites for hydroxylation is 1. The highest BCUT2D eigenvalue weighted by atomic mass is 16.5. The number of nitrogens with one attached hydrogen (secondary N) is 2. The summed E-state index contributed by atoms with van der Waals surface area (Å²) in [5, 5.41) is 13.2. The van der Waals surface area contributed by atoms with Crippen LogP contribution < -0.4 is 15.4 Å². The van der Waals surface area contributed by atoms with Crippen LogP contribution >= 0.6 is 0 Å². The Morgan fingerprint density at radius 2 is 1.49 bits per heavy atom. The topological polar surface area (TPSA) is 125 Å². The van der Waals surface area contributed by atoms with E-state index in [9.17, 15) is 9.59 Å². The molecule has 0 atom stereocenters. The van der Waals surface area contributed by atoms with Gasteiger partial charge in [-0.2, -0.15) is 0 Å². The van der Waals surface area contributed by atoms with E-state index in [1.165, 1.54) is 0 Å².